The number of aliphatic imine (C=N–C) groups is 1. The van der Waals surface area contributed by atoms with Gasteiger partial charge in [0.05, 0.1) is 0 Å². The molecule has 0 aliphatic heterocycles. The van der Waals surface area contributed by atoms with Crippen molar-refractivity contribution in [3.8, 4) is 0 Å². The lowest BCUT2D eigenvalue weighted by atomic mass is 9.85. The molecule has 1 N–H and O–H groups in total. The first-order valence-electron chi connectivity index (χ1n) is 7.31. The number of hydrogen-bond donors (Lipinski definition) is 1. The van der Waals surface area contributed by atoms with Crippen LogP contribution in [0.4, 0.5) is 0 Å². The van der Waals surface area contributed by atoms with Crippen molar-refractivity contribution in [2.75, 3.05) is 24.7 Å². The van der Waals surface area contributed by atoms with Crippen molar-refractivity contribution in [1.82, 2.24) is 0 Å². The molecule has 0 saturated carbocycles. The molecule has 1 aliphatic rings. The minimum Gasteiger partial charge on any atom is -0.396 e. The second kappa shape index (κ2) is 10.3. The molecule has 1 aliphatic carbocycles. The molecule has 0 amide bonds. The number of aliphatic hydroxyl groups excluding tert-OH is 1. The number of nitrogens with zero attached hydrogens (tertiary/aromatic N) is 1. The van der Waals surface area contributed by atoms with Crippen molar-refractivity contribution in [3.05, 3.63) is 24.3 Å². The second-order valence-corrected chi connectivity index (χ2v) is 6.51. The Labute approximate surface area is 122 Å². The first kappa shape index (κ1) is 16.5. The summed E-state index contributed by atoms with van der Waals surface area (Å²) in [7, 11) is 0. The molecule has 0 bridgehead atoms. The van der Waals surface area contributed by atoms with Gasteiger partial charge in [0.2, 0.25) is 0 Å². The summed E-state index contributed by atoms with van der Waals surface area (Å²) in [5.41, 5.74) is 0.133. The van der Waals surface area contributed by atoms with Gasteiger partial charge in [0.15, 0.2) is 0 Å². The van der Waals surface area contributed by atoms with Gasteiger partial charge in [0.1, 0.15) is 0 Å². The van der Waals surface area contributed by atoms with Gasteiger partial charge in [-0.3, -0.25) is 4.99 Å². The normalized spacial score (nSPS) is 22.4. The lowest BCUT2D eigenvalue weighted by molar-refractivity contribution is 0.287. The van der Waals surface area contributed by atoms with E-state index in [2.05, 4.69) is 42.4 Å². The molecule has 3 heteroatoms. The van der Waals surface area contributed by atoms with Gasteiger partial charge in [0.25, 0.3) is 0 Å². The molecule has 1 rings (SSSR count). The average molecular weight is 281 g/mol. The number of unbranched alkanes of at least 4 members (excludes halogenated alkanes) is 2. The highest BCUT2D eigenvalue weighted by Gasteiger charge is 2.17. The fourth-order valence-electron chi connectivity index (χ4n) is 1.94. The Morgan fingerprint density at radius 2 is 2.00 bits per heavy atom. The van der Waals surface area contributed by atoms with Crippen LogP contribution in [-0.4, -0.2) is 36.0 Å². The Morgan fingerprint density at radius 3 is 2.68 bits per heavy atom. The minimum atomic E-state index is 0.133. The highest BCUT2D eigenvalue weighted by atomic mass is 32.2. The van der Waals surface area contributed by atoms with E-state index >= 15 is 0 Å². The number of hydrogen-bond acceptors (Lipinski definition) is 3. The zero-order valence-electron chi connectivity index (χ0n) is 12.1. The van der Waals surface area contributed by atoms with E-state index in [4.69, 9.17) is 5.11 Å². The van der Waals surface area contributed by atoms with Crippen molar-refractivity contribution < 1.29 is 5.11 Å². The summed E-state index contributed by atoms with van der Waals surface area (Å²) in [6, 6.07) is 0. The van der Waals surface area contributed by atoms with Crippen LogP contribution in [0.15, 0.2) is 29.3 Å². The zero-order chi connectivity index (χ0) is 13.8. The smallest absolute Gasteiger partial charge is 0.0431 e. The summed E-state index contributed by atoms with van der Waals surface area (Å²) in [5.74, 6) is 2.40. The van der Waals surface area contributed by atoms with Gasteiger partial charge < -0.3 is 5.11 Å². The fraction of sp³-hybridized carbons (Fsp3) is 0.688. The molecule has 0 aromatic heterocycles. The number of allylic oxidation sites excluding steroid dienone is 4. The Bertz CT molecular complexity index is 312. The van der Waals surface area contributed by atoms with Crippen molar-refractivity contribution in [1.29, 1.82) is 0 Å². The molecular weight excluding hydrogens is 254 g/mol. The summed E-state index contributed by atoms with van der Waals surface area (Å²) in [6.45, 7) is 3.51. The van der Waals surface area contributed by atoms with E-state index in [1.54, 1.807) is 0 Å². The molecule has 0 aromatic rings. The summed E-state index contributed by atoms with van der Waals surface area (Å²) in [6.07, 6.45) is 16.3. The van der Waals surface area contributed by atoms with E-state index in [0.717, 1.165) is 25.8 Å². The van der Waals surface area contributed by atoms with Crippen LogP contribution >= 0.6 is 11.8 Å². The van der Waals surface area contributed by atoms with E-state index < -0.39 is 0 Å². The maximum atomic E-state index is 8.66. The minimum absolute atomic E-state index is 0.133. The summed E-state index contributed by atoms with van der Waals surface area (Å²) in [4.78, 5) is 4.56. The summed E-state index contributed by atoms with van der Waals surface area (Å²) >= 11 is 2.00. The molecule has 19 heavy (non-hydrogen) atoms. The van der Waals surface area contributed by atoms with Crippen LogP contribution in [0, 0.1) is 5.41 Å². The third-order valence-corrected chi connectivity index (χ3v) is 4.35. The van der Waals surface area contributed by atoms with Crippen LogP contribution in [-0.2, 0) is 0 Å². The average Bonchev–Trinajstić information content (AvgIpc) is 2.42. The molecule has 0 spiro atoms. The molecule has 0 fully saturated rings. The van der Waals surface area contributed by atoms with E-state index in [9.17, 15) is 0 Å². The van der Waals surface area contributed by atoms with Gasteiger partial charge in [-0.15, -0.1) is 0 Å². The highest BCUT2D eigenvalue weighted by molar-refractivity contribution is 7.99. The number of thioether (sulfide) groups is 1. The molecule has 0 saturated heterocycles. The third-order valence-electron chi connectivity index (χ3n) is 3.19. The van der Waals surface area contributed by atoms with Crippen LogP contribution in [0.5, 0.6) is 0 Å². The van der Waals surface area contributed by atoms with Crippen LogP contribution in [0.3, 0.4) is 0 Å². The molecule has 108 valence electrons. The summed E-state index contributed by atoms with van der Waals surface area (Å²) in [5, 5.41) is 8.66. The predicted molar refractivity (Wildman–Crippen MR) is 87.2 cm³/mol. The van der Waals surface area contributed by atoms with Crippen molar-refractivity contribution in [2.45, 2.75) is 39.0 Å². The number of aliphatic hydroxyl groups is 1. The Kier molecular flexibility index (Phi) is 8.93. The maximum Gasteiger partial charge on any atom is 0.0431 e. The van der Waals surface area contributed by atoms with Crippen LogP contribution in [0.25, 0.3) is 0 Å². The van der Waals surface area contributed by atoms with Crippen LogP contribution in [0.1, 0.15) is 39.0 Å². The molecule has 1 unspecified atom stereocenters. The molecule has 0 radical (unpaired) electrons. The van der Waals surface area contributed by atoms with Gasteiger partial charge in [-0.1, -0.05) is 31.2 Å². The lowest BCUT2D eigenvalue weighted by Gasteiger charge is -2.20. The Balaban J connectivity index is 1.96. The van der Waals surface area contributed by atoms with Crippen molar-refractivity contribution >= 4 is 18.0 Å². The van der Waals surface area contributed by atoms with Crippen LogP contribution < -0.4 is 0 Å². The van der Waals surface area contributed by atoms with Crippen molar-refractivity contribution in [2.24, 2.45) is 10.4 Å². The number of rotatable bonds is 10. The van der Waals surface area contributed by atoms with Crippen LogP contribution in [0.2, 0.25) is 0 Å². The second-order valence-electron chi connectivity index (χ2n) is 5.28. The van der Waals surface area contributed by atoms with Gasteiger partial charge in [-0.2, -0.15) is 11.8 Å². The molecule has 0 aromatic carbocycles. The van der Waals surface area contributed by atoms with E-state index in [0.29, 0.717) is 6.61 Å². The topological polar surface area (TPSA) is 32.6 Å². The molecule has 2 nitrogen and oxygen atoms in total. The van der Waals surface area contributed by atoms with Gasteiger partial charge in [-0.05, 0) is 43.6 Å². The van der Waals surface area contributed by atoms with E-state index in [1.165, 1.54) is 24.3 Å². The molecule has 0 heterocycles. The van der Waals surface area contributed by atoms with Crippen molar-refractivity contribution in [3.63, 3.8) is 0 Å². The Hall–Kier alpha value is -0.540. The van der Waals surface area contributed by atoms with E-state index in [1.807, 2.05) is 11.8 Å². The first-order valence-corrected chi connectivity index (χ1v) is 8.46. The first-order chi connectivity index (χ1) is 9.27. The molecule has 1 atom stereocenters. The monoisotopic (exact) mass is 281 g/mol. The van der Waals surface area contributed by atoms with Gasteiger partial charge in [-0.25, -0.2) is 0 Å². The van der Waals surface area contributed by atoms with E-state index in [-0.39, 0.29) is 5.41 Å². The predicted octanol–water partition coefficient (Wildman–Crippen LogP) is 3.87. The third kappa shape index (κ3) is 8.27. The quantitative estimate of drug-likeness (QED) is 0.487. The standard InChI is InChI=1S/C16H27NOS/c1-16(9-3-2-4-10-16)15-17-11-5-7-13-19-14-8-6-12-18/h2-4,9,15,18H,5-8,10-14H2,1H3. The Morgan fingerprint density at radius 1 is 1.21 bits per heavy atom. The molecular formula is C16H27NOS. The zero-order valence-corrected chi connectivity index (χ0v) is 12.9. The summed E-state index contributed by atoms with van der Waals surface area (Å²) < 4.78 is 0. The lowest BCUT2D eigenvalue weighted by Crippen LogP contribution is -2.15. The maximum absolute atomic E-state index is 8.66. The van der Waals surface area contributed by atoms with Gasteiger partial charge >= 0.3 is 0 Å². The largest absolute Gasteiger partial charge is 0.396 e. The van der Waals surface area contributed by atoms with Gasteiger partial charge in [0, 0.05) is 24.8 Å². The fourth-order valence-corrected chi connectivity index (χ4v) is 2.96. The highest BCUT2D eigenvalue weighted by Crippen LogP contribution is 2.24. The SMILES string of the molecule is CC1(C=NCCCCSCCCCO)C=CC=CC1.